The minimum absolute atomic E-state index is 0.194. The first-order valence-electron chi connectivity index (χ1n) is 7.02. The van der Waals surface area contributed by atoms with Crippen molar-refractivity contribution in [3.63, 3.8) is 0 Å². The second kappa shape index (κ2) is 4.88. The molecule has 0 saturated carbocycles. The summed E-state index contributed by atoms with van der Waals surface area (Å²) in [6.07, 6.45) is 2.75. The van der Waals surface area contributed by atoms with Crippen molar-refractivity contribution in [1.29, 1.82) is 0 Å². The van der Waals surface area contributed by atoms with Crippen LogP contribution in [0.2, 0.25) is 0 Å². The zero-order chi connectivity index (χ0) is 15.1. The zero-order valence-electron chi connectivity index (χ0n) is 12.3. The zero-order valence-corrected chi connectivity index (χ0v) is 12.3. The molecule has 3 nitrogen and oxygen atoms in total. The summed E-state index contributed by atoms with van der Waals surface area (Å²) in [6.45, 7) is 6.16. The summed E-state index contributed by atoms with van der Waals surface area (Å²) >= 11 is 0. The first kappa shape index (κ1) is 13.6. The summed E-state index contributed by atoms with van der Waals surface area (Å²) in [5.41, 5.74) is 6.19. The molecule has 0 unspecified atom stereocenters. The molecule has 0 bridgehead atoms. The van der Waals surface area contributed by atoms with Crippen LogP contribution in [-0.2, 0) is 11.2 Å². The van der Waals surface area contributed by atoms with Gasteiger partial charge < -0.3 is 10.3 Å². The number of H-pyrrole nitrogens is 1. The van der Waals surface area contributed by atoms with Crippen LogP contribution >= 0.6 is 0 Å². The molecule has 4 heteroatoms. The highest BCUT2D eigenvalue weighted by molar-refractivity contribution is 6.34. The van der Waals surface area contributed by atoms with Crippen molar-refractivity contribution in [3.05, 3.63) is 52.1 Å². The lowest BCUT2D eigenvalue weighted by Crippen LogP contribution is -2.03. The van der Waals surface area contributed by atoms with Gasteiger partial charge in [0.2, 0.25) is 0 Å². The molecule has 0 radical (unpaired) electrons. The van der Waals surface area contributed by atoms with Crippen molar-refractivity contribution < 1.29 is 9.18 Å². The summed E-state index contributed by atoms with van der Waals surface area (Å²) in [4.78, 5) is 15.4. The van der Waals surface area contributed by atoms with E-state index in [2.05, 4.69) is 17.2 Å². The highest BCUT2D eigenvalue weighted by Crippen LogP contribution is 2.34. The molecular weight excluding hydrogens is 267 g/mol. The molecule has 2 N–H and O–H groups in total. The summed E-state index contributed by atoms with van der Waals surface area (Å²) in [7, 11) is 0. The quantitative estimate of drug-likeness (QED) is 0.809. The van der Waals surface area contributed by atoms with Crippen molar-refractivity contribution in [3.8, 4) is 0 Å². The fourth-order valence-electron chi connectivity index (χ4n) is 2.94. The Labute approximate surface area is 122 Å². The lowest BCUT2D eigenvalue weighted by molar-refractivity contribution is -0.110. The van der Waals surface area contributed by atoms with E-state index < -0.39 is 0 Å². The first-order chi connectivity index (χ1) is 10.0. The second-order valence-electron chi connectivity index (χ2n) is 5.32. The first-order valence-corrected chi connectivity index (χ1v) is 7.02. The van der Waals surface area contributed by atoms with Crippen LogP contribution in [0.3, 0.4) is 0 Å². The van der Waals surface area contributed by atoms with E-state index in [4.69, 9.17) is 0 Å². The van der Waals surface area contributed by atoms with Crippen molar-refractivity contribution in [2.45, 2.75) is 27.2 Å². The van der Waals surface area contributed by atoms with Crippen molar-refractivity contribution in [2.24, 2.45) is 0 Å². The van der Waals surface area contributed by atoms with E-state index >= 15 is 0 Å². The highest BCUT2D eigenvalue weighted by Gasteiger charge is 2.25. The van der Waals surface area contributed by atoms with E-state index in [1.165, 1.54) is 17.7 Å². The molecule has 1 aromatic carbocycles. The molecule has 3 rings (SSSR count). The number of fused-ring (bicyclic) bond motifs is 1. The van der Waals surface area contributed by atoms with E-state index in [-0.39, 0.29) is 11.7 Å². The van der Waals surface area contributed by atoms with Gasteiger partial charge >= 0.3 is 0 Å². The summed E-state index contributed by atoms with van der Waals surface area (Å²) in [6, 6.07) is 4.33. The van der Waals surface area contributed by atoms with E-state index in [1.54, 1.807) is 6.07 Å². The summed E-state index contributed by atoms with van der Waals surface area (Å²) in [5.74, 6) is -0.537. The molecule has 1 aliphatic heterocycles. The Morgan fingerprint density at radius 1 is 1.29 bits per heavy atom. The molecule has 108 valence electrons. The van der Waals surface area contributed by atoms with Crippen molar-refractivity contribution in [2.75, 3.05) is 5.32 Å². The number of hydrogen-bond acceptors (Lipinski definition) is 1. The van der Waals surface area contributed by atoms with Crippen LogP contribution in [0.4, 0.5) is 10.1 Å². The molecule has 0 fully saturated rings. The molecule has 2 aromatic rings. The molecule has 2 heterocycles. The van der Waals surface area contributed by atoms with Gasteiger partial charge in [-0.3, -0.25) is 4.79 Å². The van der Waals surface area contributed by atoms with E-state index in [0.29, 0.717) is 16.8 Å². The lowest BCUT2D eigenvalue weighted by Gasteiger charge is -1.99. The third-order valence-electron chi connectivity index (χ3n) is 4.04. The average molecular weight is 284 g/mol. The number of aromatic nitrogens is 1. The molecule has 1 amide bonds. The van der Waals surface area contributed by atoms with Crippen LogP contribution in [0.25, 0.3) is 11.6 Å². The van der Waals surface area contributed by atoms with Gasteiger partial charge in [-0.25, -0.2) is 4.39 Å². The Kier molecular flexibility index (Phi) is 3.16. The molecule has 0 atom stereocenters. The number of carbonyl (C=O) groups is 1. The highest BCUT2D eigenvalue weighted by atomic mass is 19.1. The number of hydrogen-bond donors (Lipinski definition) is 2. The van der Waals surface area contributed by atoms with E-state index in [1.807, 2.05) is 19.9 Å². The van der Waals surface area contributed by atoms with Gasteiger partial charge in [-0.1, -0.05) is 6.92 Å². The smallest absolute Gasteiger partial charge is 0.256 e. The Morgan fingerprint density at radius 3 is 2.71 bits per heavy atom. The number of carbonyl (C=O) groups excluding carboxylic acids is 1. The standard InChI is InChI=1S/C17H17FN2O/c1-4-12-9(2)16(19-10(12)3)8-14-13-7-11(18)5-6-15(13)20-17(14)21/h5-8,19H,4H2,1-3H3,(H,20,21)/b14-8-. The van der Waals surface area contributed by atoms with Gasteiger partial charge in [-0.05, 0) is 55.7 Å². The van der Waals surface area contributed by atoms with Gasteiger partial charge in [0.1, 0.15) is 5.82 Å². The van der Waals surface area contributed by atoms with Crippen LogP contribution in [0.1, 0.15) is 35.0 Å². The molecule has 0 aliphatic carbocycles. The molecular formula is C17H17FN2O. The van der Waals surface area contributed by atoms with Gasteiger partial charge in [0.25, 0.3) is 5.91 Å². The number of amides is 1. The third-order valence-corrected chi connectivity index (χ3v) is 4.04. The Morgan fingerprint density at radius 2 is 2.05 bits per heavy atom. The third kappa shape index (κ3) is 2.17. The maximum absolute atomic E-state index is 13.4. The normalized spacial score (nSPS) is 15.4. The van der Waals surface area contributed by atoms with Gasteiger partial charge in [-0.2, -0.15) is 0 Å². The fraction of sp³-hybridized carbons (Fsp3) is 0.235. The predicted molar refractivity (Wildman–Crippen MR) is 82.5 cm³/mol. The van der Waals surface area contributed by atoms with Crippen molar-refractivity contribution >= 4 is 23.2 Å². The van der Waals surface area contributed by atoms with Crippen molar-refractivity contribution in [1.82, 2.24) is 4.98 Å². The van der Waals surface area contributed by atoms with Gasteiger partial charge in [0, 0.05) is 22.6 Å². The van der Waals surface area contributed by atoms with Crippen LogP contribution in [0, 0.1) is 19.7 Å². The van der Waals surface area contributed by atoms with Gasteiger partial charge in [0.15, 0.2) is 0 Å². The largest absolute Gasteiger partial charge is 0.359 e. The predicted octanol–water partition coefficient (Wildman–Crippen LogP) is 3.83. The second-order valence-corrected chi connectivity index (χ2v) is 5.32. The number of halogens is 1. The maximum Gasteiger partial charge on any atom is 0.256 e. The number of anilines is 1. The number of aromatic amines is 1. The molecule has 1 aromatic heterocycles. The van der Waals surface area contributed by atoms with Gasteiger partial charge in [0.05, 0.1) is 5.57 Å². The summed E-state index contributed by atoms with van der Waals surface area (Å²) < 4.78 is 13.4. The number of benzene rings is 1. The molecule has 0 saturated heterocycles. The Bertz CT molecular complexity index is 771. The van der Waals surface area contributed by atoms with Crippen LogP contribution < -0.4 is 5.32 Å². The number of rotatable bonds is 2. The monoisotopic (exact) mass is 284 g/mol. The van der Waals surface area contributed by atoms with Crippen LogP contribution in [0.5, 0.6) is 0 Å². The van der Waals surface area contributed by atoms with Gasteiger partial charge in [-0.15, -0.1) is 0 Å². The van der Waals surface area contributed by atoms with Crippen LogP contribution in [0.15, 0.2) is 18.2 Å². The number of aryl methyl sites for hydroxylation is 1. The van der Waals surface area contributed by atoms with E-state index in [0.717, 1.165) is 23.4 Å². The maximum atomic E-state index is 13.4. The van der Waals surface area contributed by atoms with Crippen LogP contribution in [-0.4, -0.2) is 10.9 Å². The molecule has 21 heavy (non-hydrogen) atoms. The fourth-order valence-corrected chi connectivity index (χ4v) is 2.94. The minimum Gasteiger partial charge on any atom is -0.359 e. The SMILES string of the molecule is CCc1c(C)[nH]c(/C=C2\C(=O)Nc3ccc(F)cc32)c1C. The Balaban J connectivity index is 2.13. The minimum atomic E-state index is -0.343. The average Bonchev–Trinajstić information content (AvgIpc) is 2.88. The Hall–Kier alpha value is -2.36. The lowest BCUT2D eigenvalue weighted by atomic mass is 10.0. The topological polar surface area (TPSA) is 44.9 Å². The van der Waals surface area contributed by atoms with E-state index in [9.17, 15) is 9.18 Å². The number of nitrogens with one attached hydrogen (secondary N) is 2. The molecule has 0 spiro atoms. The molecule has 1 aliphatic rings. The summed E-state index contributed by atoms with van der Waals surface area (Å²) in [5, 5.41) is 2.76.